The van der Waals surface area contributed by atoms with E-state index >= 15 is 0 Å². The molecule has 19 heavy (non-hydrogen) atoms. The first-order chi connectivity index (χ1) is 9.22. The minimum Gasteiger partial charge on any atom is -0.393 e. The molecule has 2 aromatic rings. The summed E-state index contributed by atoms with van der Waals surface area (Å²) in [5.74, 6) is -0.0874. The Morgan fingerprint density at radius 2 is 2.32 bits per heavy atom. The fourth-order valence-electron chi connectivity index (χ4n) is 2.64. The molecule has 3 rings (SSSR count). The number of carbonyl (C=O) groups is 1. The molecule has 1 saturated carbocycles. The maximum Gasteiger partial charge on any atom is 0.251 e. The van der Waals surface area contributed by atoms with Crippen LogP contribution in [0.15, 0.2) is 24.4 Å². The predicted molar refractivity (Wildman–Crippen MR) is 71.8 cm³/mol. The van der Waals surface area contributed by atoms with Crippen LogP contribution in [0.2, 0.25) is 0 Å². The van der Waals surface area contributed by atoms with Crippen molar-refractivity contribution in [3.05, 3.63) is 30.0 Å². The first-order valence-corrected chi connectivity index (χ1v) is 6.64. The van der Waals surface area contributed by atoms with Gasteiger partial charge in [-0.15, -0.1) is 0 Å². The molecule has 5 heteroatoms. The van der Waals surface area contributed by atoms with Crippen molar-refractivity contribution in [3.63, 3.8) is 0 Å². The molecule has 0 saturated heterocycles. The Hall–Kier alpha value is -1.88. The third-order valence-corrected chi connectivity index (χ3v) is 3.69. The lowest BCUT2D eigenvalue weighted by molar-refractivity contribution is 0.0850. The number of amides is 1. The van der Waals surface area contributed by atoms with E-state index in [0.717, 1.165) is 30.2 Å². The van der Waals surface area contributed by atoms with Crippen LogP contribution < -0.4 is 5.32 Å². The highest BCUT2D eigenvalue weighted by molar-refractivity contribution is 5.97. The first-order valence-electron chi connectivity index (χ1n) is 6.64. The van der Waals surface area contributed by atoms with Crippen LogP contribution in [0.1, 0.15) is 36.0 Å². The largest absolute Gasteiger partial charge is 0.393 e. The van der Waals surface area contributed by atoms with Crippen molar-refractivity contribution in [2.24, 2.45) is 0 Å². The van der Waals surface area contributed by atoms with Crippen LogP contribution in [0.25, 0.3) is 10.9 Å². The molecule has 5 nitrogen and oxygen atoms in total. The van der Waals surface area contributed by atoms with E-state index in [-0.39, 0.29) is 18.1 Å². The summed E-state index contributed by atoms with van der Waals surface area (Å²) in [4.78, 5) is 12.2. The maximum absolute atomic E-state index is 12.2. The standard InChI is InChI=1S/C14H17N3O2/c18-12-3-1-2-11(7-12)16-14(19)9-4-5-10-8-15-17-13(10)6-9/h4-6,8,11-12,18H,1-3,7H2,(H,15,17)(H,16,19). The number of nitrogens with one attached hydrogen (secondary N) is 2. The molecule has 1 aliphatic carbocycles. The average molecular weight is 259 g/mol. The van der Waals surface area contributed by atoms with Crippen LogP contribution in [0, 0.1) is 0 Å². The average Bonchev–Trinajstić information content (AvgIpc) is 2.85. The molecule has 0 bridgehead atoms. The van der Waals surface area contributed by atoms with Crippen LogP contribution >= 0.6 is 0 Å². The van der Waals surface area contributed by atoms with E-state index in [1.807, 2.05) is 6.07 Å². The monoisotopic (exact) mass is 259 g/mol. The van der Waals surface area contributed by atoms with Gasteiger partial charge in [0.15, 0.2) is 0 Å². The lowest BCUT2D eigenvalue weighted by Gasteiger charge is -2.26. The van der Waals surface area contributed by atoms with Crippen LogP contribution in [0.3, 0.4) is 0 Å². The van der Waals surface area contributed by atoms with Crippen molar-refractivity contribution >= 4 is 16.8 Å². The number of H-pyrrole nitrogens is 1. The number of aromatic amines is 1. The first kappa shape index (κ1) is 12.2. The van der Waals surface area contributed by atoms with Gasteiger partial charge in [0, 0.05) is 17.0 Å². The molecule has 100 valence electrons. The van der Waals surface area contributed by atoms with Crippen molar-refractivity contribution in [1.82, 2.24) is 15.5 Å². The number of fused-ring (bicyclic) bond motifs is 1. The molecular weight excluding hydrogens is 242 g/mol. The molecule has 1 amide bonds. The second-order valence-electron chi connectivity index (χ2n) is 5.16. The zero-order valence-corrected chi connectivity index (χ0v) is 10.6. The van der Waals surface area contributed by atoms with E-state index in [9.17, 15) is 9.90 Å². The van der Waals surface area contributed by atoms with Crippen molar-refractivity contribution in [1.29, 1.82) is 0 Å². The molecule has 0 spiro atoms. The molecule has 1 aliphatic rings. The Bertz CT molecular complexity index is 593. The van der Waals surface area contributed by atoms with Crippen molar-refractivity contribution in [3.8, 4) is 0 Å². The molecule has 1 aromatic heterocycles. The third kappa shape index (κ3) is 2.61. The SMILES string of the molecule is O=C(NC1CCCC(O)C1)c1ccc2cn[nH]c2c1. The van der Waals surface area contributed by atoms with Gasteiger partial charge in [0.2, 0.25) is 0 Å². The van der Waals surface area contributed by atoms with Crippen LogP contribution in [0.4, 0.5) is 0 Å². The smallest absolute Gasteiger partial charge is 0.251 e. The molecular formula is C14H17N3O2. The van der Waals surface area contributed by atoms with Gasteiger partial charge in [-0.05, 0) is 37.8 Å². The van der Waals surface area contributed by atoms with Gasteiger partial charge in [-0.1, -0.05) is 6.07 Å². The van der Waals surface area contributed by atoms with E-state index in [0.29, 0.717) is 12.0 Å². The highest BCUT2D eigenvalue weighted by Gasteiger charge is 2.22. The zero-order valence-electron chi connectivity index (χ0n) is 10.6. The summed E-state index contributed by atoms with van der Waals surface area (Å²) in [5, 5.41) is 20.4. The van der Waals surface area contributed by atoms with Gasteiger partial charge in [-0.3, -0.25) is 9.89 Å². The van der Waals surface area contributed by atoms with E-state index in [2.05, 4.69) is 15.5 Å². The van der Waals surface area contributed by atoms with Crippen LogP contribution in [0.5, 0.6) is 0 Å². The molecule has 1 fully saturated rings. The maximum atomic E-state index is 12.2. The second-order valence-corrected chi connectivity index (χ2v) is 5.16. The number of carbonyl (C=O) groups excluding carboxylic acids is 1. The van der Waals surface area contributed by atoms with E-state index in [1.165, 1.54) is 0 Å². The molecule has 1 heterocycles. The summed E-state index contributed by atoms with van der Waals surface area (Å²) in [6.45, 7) is 0. The van der Waals surface area contributed by atoms with E-state index < -0.39 is 0 Å². The normalized spacial score (nSPS) is 23.4. The van der Waals surface area contributed by atoms with Gasteiger partial charge in [-0.2, -0.15) is 5.10 Å². The highest BCUT2D eigenvalue weighted by Crippen LogP contribution is 2.19. The quantitative estimate of drug-likeness (QED) is 0.766. The Morgan fingerprint density at radius 3 is 3.16 bits per heavy atom. The third-order valence-electron chi connectivity index (χ3n) is 3.69. The zero-order chi connectivity index (χ0) is 13.2. The summed E-state index contributed by atoms with van der Waals surface area (Å²) in [6.07, 6.45) is 4.84. The molecule has 3 N–H and O–H groups in total. The van der Waals surface area contributed by atoms with E-state index in [4.69, 9.17) is 0 Å². The highest BCUT2D eigenvalue weighted by atomic mass is 16.3. The number of rotatable bonds is 2. The Labute approximate surface area is 111 Å². The fraction of sp³-hybridized carbons (Fsp3) is 0.429. The topological polar surface area (TPSA) is 78.0 Å². The predicted octanol–water partition coefficient (Wildman–Crippen LogP) is 1.60. The summed E-state index contributed by atoms with van der Waals surface area (Å²) in [5.41, 5.74) is 1.48. The van der Waals surface area contributed by atoms with Gasteiger partial charge >= 0.3 is 0 Å². The van der Waals surface area contributed by atoms with Gasteiger partial charge < -0.3 is 10.4 Å². The summed E-state index contributed by atoms with van der Waals surface area (Å²) in [7, 11) is 0. The Morgan fingerprint density at radius 1 is 1.42 bits per heavy atom. The van der Waals surface area contributed by atoms with Crippen LogP contribution in [-0.2, 0) is 0 Å². The second kappa shape index (κ2) is 5.01. The van der Waals surface area contributed by atoms with Gasteiger partial charge in [0.25, 0.3) is 5.91 Å². The summed E-state index contributed by atoms with van der Waals surface area (Å²) < 4.78 is 0. The molecule has 1 aromatic carbocycles. The number of nitrogens with zero attached hydrogens (tertiary/aromatic N) is 1. The van der Waals surface area contributed by atoms with Gasteiger partial charge in [0.05, 0.1) is 17.8 Å². The summed E-state index contributed by atoms with van der Waals surface area (Å²) in [6, 6.07) is 5.56. The number of aliphatic hydroxyl groups excluding tert-OH is 1. The summed E-state index contributed by atoms with van der Waals surface area (Å²) >= 11 is 0. The lowest BCUT2D eigenvalue weighted by Crippen LogP contribution is -2.39. The molecule has 0 aliphatic heterocycles. The number of benzene rings is 1. The molecule has 2 atom stereocenters. The minimum absolute atomic E-state index is 0.0775. The van der Waals surface area contributed by atoms with Gasteiger partial charge in [0.1, 0.15) is 0 Å². The van der Waals surface area contributed by atoms with Crippen molar-refractivity contribution in [2.45, 2.75) is 37.8 Å². The lowest BCUT2D eigenvalue weighted by atomic mass is 9.93. The fourth-order valence-corrected chi connectivity index (χ4v) is 2.64. The number of aromatic nitrogens is 2. The van der Waals surface area contributed by atoms with Gasteiger partial charge in [-0.25, -0.2) is 0 Å². The number of hydrogen-bond donors (Lipinski definition) is 3. The van der Waals surface area contributed by atoms with Crippen molar-refractivity contribution in [2.75, 3.05) is 0 Å². The number of aliphatic hydroxyl groups is 1. The van der Waals surface area contributed by atoms with E-state index in [1.54, 1.807) is 18.3 Å². The van der Waals surface area contributed by atoms with Crippen LogP contribution in [-0.4, -0.2) is 33.4 Å². The van der Waals surface area contributed by atoms with Crippen molar-refractivity contribution < 1.29 is 9.90 Å². The molecule has 0 radical (unpaired) electrons. The number of hydrogen-bond acceptors (Lipinski definition) is 3. The molecule has 2 unspecified atom stereocenters. The Balaban J connectivity index is 1.72. The minimum atomic E-state index is -0.283. The Kier molecular flexibility index (Phi) is 3.21.